The van der Waals surface area contributed by atoms with Gasteiger partial charge in [-0.2, -0.15) is 5.26 Å². The van der Waals surface area contributed by atoms with Crippen LogP contribution in [0.3, 0.4) is 0 Å². The molecule has 0 spiro atoms. The second-order valence-electron chi connectivity index (χ2n) is 4.78. The molecule has 1 aromatic heterocycles. The van der Waals surface area contributed by atoms with Gasteiger partial charge in [-0.05, 0) is 32.8 Å². The lowest BCUT2D eigenvalue weighted by Gasteiger charge is -2.39. The number of rotatable bonds is 2. The molecule has 0 aromatic carbocycles. The summed E-state index contributed by atoms with van der Waals surface area (Å²) < 4.78 is 0. The van der Waals surface area contributed by atoms with Crippen LogP contribution in [-0.4, -0.2) is 22.1 Å². The van der Waals surface area contributed by atoms with Crippen molar-refractivity contribution >= 4 is 17.4 Å². The third-order valence-electron chi connectivity index (χ3n) is 3.44. The monoisotopic (exact) mass is 264 g/mol. The molecule has 2 unspecified atom stereocenters. The SMILES string of the molecule is CC1CCCC(C)N1Nc1nccc(C#N)c1Cl. The van der Waals surface area contributed by atoms with Gasteiger partial charge in [-0.1, -0.05) is 18.0 Å². The number of nitrogens with zero attached hydrogens (tertiary/aromatic N) is 3. The van der Waals surface area contributed by atoms with Crippen molar-refractivity contribution in [2.45, 2.75) is 45.2 Å². The molecule has 0 amide bonds. The first-order valence-corrected chi connectivity index (χ1v) is 6.61. The van der Waals surface area contributed by atoms with Crippen molar-refractivity contribution in [3.63, 3.8) is 0 Å². The molecule has 1 fully saturated rings. The highest BCUT2D eigenvalue weighted by atomic mass is 35.5. The average molecular weight is 265 g/mol. The second kappa shape index (κ2) is 5.55. The molecule has 0 bridgehead atoms. The summed E-state index contributed by atoms with van der Waals surface area (Å²) in [4.78, 5) is 4.21. The van der Waals surface area contributed by atoms with E-state index in [9.17, 15) is 0 Å². The van der Waals surface area contributed by atoms with E-state index < -0.39 is 0 Å². The fourth-order valence-electron chi connectivity index (χ4n) is 2.37. The molecular formula is C13H17ClN4. The normalized spacial score (nSPS) is 24.6. The van der Waals surface area contributed by atoms with Crippen molar-refractivity contribution < 1.29 is 0 Å². The van der Waals surface area contributed by atoms with Gasteiger partial charge in [-0.3, -0.25) is 0 Å². The Morgan fingerprint density at radius 3 is 2.72 bits per heavy atom. The number of halogens is 1. The molecule has 2 heterocycles. The molecule has 96 valence electrons. The maximum Gasteiger partial charge on any atom is 0.160 e. The van der Waals surface area contributed by atoms with Crippen LogP contribution in [0.2, 0.25) is 5.02 Å². The molecule has 1 aromatic rings. The summed E-state index contributed by atoms with van der Waals surface area (Å²) >= 11 is 6.15. The number of nitriles is 1. The van der Waals surface area contributed by atoms with Crippen LogP contribution < -0.4 is 5.43 Å². The van der Waals surface area contributed by atoms with E-state index in [-0.39, 0.29) is 0 Å². The first kappa shape index (κ1) is 13.1. The predicted molar refractivity (Wildman–Crippen MR) is 72.2 cm³/mol. The summed E-state index contributed by atoms with van der Waals surface area (Å²) in [6, 6.07) is 4.57. The van der Waals surface area contributed by atoms with E-state index in [0.717, 1.165) is 12.8 Å². The third-order valence-corrected chi connectivity index (χ3v) is 3.82. The van der Waals surface area contributed by atoms with Gasteiger partial charge in [0.15, 0.2) is 5.82 Å². The van der Waals surface area contributed by atoms with Crippen LogP contribution in [-0.2, 0) is 0 Å². The molecule has 18 heavy (non-hydrogen) atoms. The van der Waals surface area contributed by atoms with Crippen molar-refractivity contribution in [1.82, 2.24) is 9.99 Å². The quantitative estimate of drug-likeness (QED) is 0.891. The molecule has 0 saturated carbocycles. The average Bonchev–Trinajstić information content (AvgIpc) is 2.36. The van der Waals surface area contributed by atoms with Crippen molar-refractivity contribution in [2.75, 3.05) is 5.43 Å². The van der Waals surface area contributed by atoms with Gasteiger partial charge in [0.05, 0.1) is 5.56 Å². The number of anilines is 1. The molecule has 1 aliphatic heterocycles. The molecule has 4 nitrogen and oxygen atoms in total. The van der Waals surface area contributed by atoms with Crippen molar-refractivity contribution in [3.05, 3.63) is 22.8 Å². The molecule has 1 aliphatic rings. The smallest absolute Gasteiger partial charge is 0.160 e. The summed E-state index contributed by atoms with van der Waals surface area (Å²) in [6.45, 7) is 4.37. The Balaban J connectivity index is 2.21. The number of hydrogen-bond acceptors (Lipinski definition) is 4. The molecule has 0 aliphatic carbocycles. The molecule has 0 radical (unpaired) electrons. The van der Waals surface area contributed by atoms with E-state index in [1.54, 1.807) is 12.3 Å². The molecule has 1 N–H and O–H groups in total. The van der Waals surface area contributed by atoms with Gasteiger partial charge >= 0.3 is 0 Å². The van der Waals surface area contributed by atoms with Gasteiger partial charge in [-0.15, -0.1) is 0 Å². The maximum atomic E-state index is 8.95. The fraction of sp³-hybridized carbons (Fsp3) is 0.538. The lowest BCUT2D eigenvalue weighted by molar-refractivity contribution is 0.135. The van der Waals surface area contributed by atoms with Crippen molar-refractivity contribution in [2.24, 2.45) is 0 Å². The largest absolute Gasteiger partial charge is 0.301 e. The lowest BCUT2D eigenvalue weighted by atomic mass is 10.00. The lowest BCUT2D eigenvalue weighted by Crippen LogP contribution is -2.47. The van der Waals surface area contributed by atoms with Crippen LogP contribution in [0.15, 0.2) is 12.3 Å². The fourth-order valence-corrected chi connectivity index (χ4v) is 2.57. The standard InChI is InChI=1S/C13H17ClN4/c1-9-4-3-5-10(2)18(9)17-13-12(14)11(8-15)6-7-16-13/h6-7,9-10H,3-5H2,1-2H3,(H,16,17). The highest BCUT2D eigenvalue weighted by Crippen LogP contribution is 2.27. The van der Waals surface area contributed by atoms with Crippen LogP contribution >= 0.6 is 11.6 Å². The number of hydrazine groups is 1. The number of aromatic nitrogens is 1. The number of pyridine rings is 1. The second-order valence-corrected chi connectivity index (χ2v) is 5.16. The molecule has 1 saturated heterocycles. The minimum atomic E-state index is 0.393. The van der Waals surface area contributed by atoms with E-state index in [1.165, 1.54) is 6.42 Å². The van der Waals surface area contributed by atoms with Crippen LogP contribution in [0.5, 0.6) is 0 Å². The topological polar surface area (TPSA) is 52.0 Å². The Bertz CT molecular complexity index is 459. The van der Waals surface area contributed by atoms with Crippen molar-refractivity contribution in [3.8, 4) is 6.07 Å². The minimum Gasteiger partial charge on any atom is -0.301 e. The van der Waals surface area contributed by atoms with E-state index in [2.05, 4.69) is 35.3 Å². The molecular weight excluding hydrogens is 248 g/mol. The third kappa shape index (κ3) is 2.58. The Morgan fingerprint density at radius 2 is 2.11 bits per heavy atom. The summed E-state index contributed by atoms with van der Waals surface area (Å²) in [7, 11) is 0. The zero-order valence-corrected chi connectivity index (χ0v) is 11.4. The van der Waals surface area contributed by atoms with E-state index in [1.807, 2.05) is 0 Å². The maximum absolute atomic E-state index is 8.95. The molecule has 5 heteroatoms. The van der Waals surface area contributed by atoms with Gasteiger partial charge in [0.2, 0.25) is 0 Å². The van der Waals surface area contributed by atoms with E-state index in [0.29, 0.717) is 28.5 Å². The van der Waals surface area contributed by atoms with E-state index in [4.69, 9.17) is 16.9 Å². The summed E-state index contributed by atoms with van der Waals surface area (Å²) in [6.07, 6.45) is 5.17. The van der Waals surface area contributed by atoms with Gasteiger partial charge in [0.25, 0.3) is 0 Å². The zero-order valence-electron chi connectivity index (χ0n) is 10.7. The highest BCUT2D eigenvalue weighted by molar-refractivity contribution is 6.34. The molecule has 2 rings (SSSR count). The Hall–Kier alpha value is -1.31. The summed E-state index contributed by atoms with van der Waals surface area (Å²) in [5.41, 5.74) is 3.71. The Morgan fingerprint density at radius 1 is 1.44 bits per heavy atom. The summed E-state index contributed by atoms with van der Waals surface area (Å²) in [5.74, 6) is 0.566. The van der Waals surface area contributed by atoms with Crippen molar-refractivity contribution in [1.29, 1.82) is 5.26 Å². The Labute approximate surface area is 113 Å². The first-order chi connectivity index (χ1) is 8.63. The minimum absolute atomic E-state index is 0.393. The zero-order chi connectivity index (χ0) is 13.1. The van der Waals surface area contributed by atoms with Crippen LogP contribution in [0.4, 0.5) is 5.82 Å². The number of nitrogens with one attached hydrogen (secondary N) is 1. The van der Waals surface area contributed by atoms with Crippen LogP contribution in [0.1, 0.15) is 38.7 Å². The molecule has 2 atom stereocenters. The number of hydrogen-bond donors (Lipinski definition) is 1. The van der Waals surface area contributed by atoms with Gasteiger partial charge in [0, 0.05) is 18.3 Å². The van der Waals surface area contributed by atoms with Crippen LogP contribution in [0, 0.1) is 11.3 Å². The number of piperidine rings is 1. The predicted octanol–water partition coefficient (Wildman–Crippen LogP) is 3.20. The van der Waals surface area contributed by atoms with Gasteiger partial charge < -0.3 is 5.43 Å². The highest BCUT2D eigenvalue weighted by Gasteiger charge is 2.25. The van der Waals surface area contributed by atoms with E-state index >= 15 is 0 Å². The summed E-state index contributed by atoms with van der Waals surface area (Å²) in [5, 5.41) is 11.5. The van der Waals surface area contributed by atoms with Gasteiger partial charge in [-0.25, -0.2) is 9.99 Å². The van der Waals surface area contributed by atoms with Crippen LogP contribution in [0.25, 0.3) is 0 Å². The first-order valence-electron chi connectivity index (χ1n) is 6.23. The Kier molecular flexibility index (Phi) is 4.05. The van der Waals surface area contributed by atoms with Gasteiger partial charge in [0.1, 0.15) is 11.1 Å².